The van der Waals surface area contributed by atoms with Crippen molar-refractivity contribution >= 4 is 11.0 Å². The van der Waals surface area contributed by atoms with Crippen LogP contribution in [0.2, 0.25) is 0 Å². The lowest BCUT2D eigenvalue weighted by Gasteiger charge is -2.09. The Morgan fingerprint density at radius 1 is 1.47 bits per heavy atom. The minimum absolute atomic E-state index is 0.404. The number of imidazole rings is 1. The average Bonchev–Trinajstić information content (AvgIpc) is 2.58. The van der Waals surface area contributed by atoms with E-state index in [0.29, 0.717) is 12.6 Å². The first-order chi connectivity index (χ1) is 7.24. The number of aliphatic hydroxyl groups excluding tert-OH is 1. The summed E-state index contributed by atoms with van der Waals surface area (Å²) in [5.41, 5.74) is 1.86. The molecule has 0 unspecified atom stereocenters. The van der Waals surface area contributed by atoms with Crippen molar-refractivity contribution in [3.63, 3.8) is 0 Å². The standard InChI is InChI=1S/C11H14N2O2/c1-8(14)11-12-9-5-3-4-6-10(9)13(11)7-15-2/h3-6,8,14H,7H2,1-2H3/t8-/m0/s1. The molecule has 2 aromatic rings. The highest BCUT2D eigenvalue weighted by atomic mass is 16.5. The summed E-state index contributed by atoms with van der Waals surface area (Å²) >= 11 is 0. The molecule has 0 saturated carbocycles. The number of benzene rings is 1. The lowest BCUT2D eigenvalue weighted by Crippen LogP contribution is -2.07. The van der Waals surface area contributed by atoms with E-state index in [4.69, 9.17) is 4.74 Å². The summed E-state index contributed by atoms with van der Waals surface area (Å²) in [5.74, 6) is 0.637. The smallest absolute Gasteiger partial charge is 0.140 e. The number of hydrogen-bond acceptors (Lipinski definition) is 3. The number of para-hydroxylation sites is 2. The van der Waals surface area contributed by atoms with E-state index in [1.807, 2.05) is 28.8 Å². The normalized spacial score (nSPS) is 13.3. The zero-order chi connectivity index (χ0) is 10.8. The molecule has 4 nitrogen and oxygen atoms in total. The van der Waals surface area contributed by atoms with Crippen LogP contribution in [0.1, 0.15) is 18.9 Å². The molecule has 15 heavy (non-hydrogen) atoms. The molecular formula is C11H14N2O2. The Labute approximate surface area is 88.1 Å². The molecule has 1 atom stereocenters. The predicted octanol–water partition coefficient (Wildman–Crippen LogP) is 1.69. The largest absolute Gasteiger partial charge is 0.385 e. The number of hydrogen-bond donors (Lipinski definition) is 1. The van der Waals surface area contributed by atoms with Crippen LogP contribution >= 0.6 is 0 Å². The third kappa shape index (κ3) is 1.73. The average molecular weight is 206 g/mol. The van der Waals surface area contributed by atoms with E-state index in [1.165, 1.54) is 0 Å². The van der Waals surface area contributed by atoms with Gasteiger partial charge in [-0.3, -0.25) is 0 Å². The molecule has 0 aliphatic rings. The van der Waals surface area contributed by atoms with E-state index in [-0.39, 0.29) is 0 Å². The van der Waals surface area contributed by atoms with Gasteiger partial charge in [0.15, 0.2) is 0 Å². The zero-order valence-electron chi connectivity index (χ0n) is 8.84. The summed E-state index contributed by atoms with van der Waals surface area (Å²) in [6, 6.07) is 7.76. The fraction of sp³-hybridized carbons (Fsp3) is 0.364. The molecule has 0 radical (unpaired) electrons. The molecule has 0 amide bonds. The van der Waals surface area contributed by atoms with Crippen LogP contribution in [0.25, 0.3) is 11.0 Å². The Morgan fingerprint density at radius 3 is 2.87 bits per heavy atom. The van der Waals surface area contributed by atoms with Crippen LogP contribution in [0.4, 0.5) is 0 Å². The van der Waals surface area contributed by atoms with Gasteiger partial charge >= 0.3 is 0 Å². The van der Waals surface area contributed by atoms with E-state index in [9.17, 15) is 5.11 Å². The predicted molar refractivity (Wildman–Crippen MR) is 57.4 cm³/mol. The molecule has 0 aliphatic heterocycles. The third-order valence-corrected chi connectivity index (χ3v) is 2.32. The van der Waals surface area contributed by atoms with Gasteiger partial charge in [-0.05, 0) is 19.1 Å². The summed E-state index contributed by atoms with van der Waals surface area (Å²) < 4.78 is 6.97. The van der Waals surface area contributed by atoms with Crippen LogP contribution in [-0.4, -0.2) is 21.8 Å². The van der Waals surface area contributed by atoms with Crippen molar-refractivity contribution < 1.29 is 9.84 Å². The Bertz CT molecular complexity index is 463. The number of methoxy groups -OCH3 is 1. The Kier molecular flexibility index (Phi) is 2.70. The maximum atomic E-state index is 9.59. The summed E-state index contributed by atoms with van der Waals surface area (Å²) in [6.45, 7) is 2.11. The molecule has 0 bridgehead atoms. The lowest BCUT2D eigenvalue weighted by atomic mass is 10.3. The second-order valence-electron chi connectivity index (χ2n) is 3.48. The van der Waals surface area contributed by atoms with Gasteiger partial charge in [0.05, 0.1) is 11.0 Å². The Morgan fingerprint density at radius 2 is 2.20 bits per heavy atom. The molecule has 1 heterocycles. The van der Waals surface area contributed by atoms with E-state index in [0.717, 1.165) is 11.0 Å². The number of aliphatic hydroxyl groups is 1. The van der Waals surface area contributed by atoms with Gasteiger partial charge < -0.3 is 14.4 Å². The van der Waals surface area contributed by atoms with Crippen LogP contribution in [0.3, 0.4) is 0 Å². The highest BCUT2D eigenvalue weighted by Crippen LogP contribution is 2.20. The van der Waals surface area contributed by atoms with Gasteiger partial charge in [-0.15, -0.1) is 0 Å². The van der Waals surface area contributed by atoms with Crippen LogP contribution in [0.15, 0.2) is 24.3 Å². The second-order valence-corrected chi connectivity index (χ2v) is 3.48. The number of rotatable bonds is 3. The van der Waals surface area contributed by atoms with E-state index in [1.54, 1.807) is 14.0 Å². The monoisotopic (exact) mass is 206 g/mol. The number of aromatic nitrogens is 2. The van der Waals surface area contributed by atoms with Crippen molar-refractivity contribution in [2.75, 3.05) is 7.11 Å². The van der Waals surface area contributed by atoms with Crippen molar-refractivity contribution in [2.24, 2.45) is 0 Å². The second kappa shape index (κ2) is 4.00. The van der Waals surface area contributed by atoms with Crippen LogP contribution in [-0.2, 0) is 11.5 Å². The van der Waals surface area contributed by atoms with Crippen molar-refractivity contribution in [1.29, 1.82) is 0 Å². The van der Waals surface area contributed by atoms with Crippen molar-refractivity contribution in [1.82, 2.24) is 9.55 Å². The van der Waals surface area contributed by atoms with Crippen LogP contribution in [0, 0.1) is 0 Å². The molecule has 1 aromatic carbocycles. The molecule has 0 aliphatic carbocycles. The Balaban J connectivity index is 2.63. The quantitative estimate of drug-likeness (QED) is 0.831. The topological polar surface area (TPSA) is 47.3 Å². The minimum Gasteiger partial charge on any atom is -0.385 e. The van der Waals surface area contributed by atoms with Crippen molar-refractivity contribution in [3.05, 3.63) is 30.1 Å². The van der Waals surface area contributed by atoms with E-state index >= 15 is 0 Å². The molecule has 80 valence electrons. The first kappa shape index (κ1) is 10.1. The van der Waals surface area contributed by atoms with Gasteiger partial charge in [0, 0.05) is 7.11 Å². The molecule has 0 spiro atoms. The Hall–Kier alpha value is -1.39. The molecule has 0 saturated heterocycles. The first-order valence-corrected chi connectivity index (χ1v) is 4.86. The fourth-order valence-corrected chi connectivity index (χ4v) is 1.68. The van der Waals surface area contributed by atoms with Gasteiger partial charge in [0.2, 0.25) is 0 Å². The van der Waals surface area contributed by atoms with Gasteiger partial charge in [-0.2, -0.15) is 0 Å². The van der Waals surface area contributed by atoms with E-state index < -0.39 is 6.10 Å². The number of fused-ring (bicyclic) bond motifs is 1. The summed E-state index contributed by atoms with van der Waals surface area (Å²) in [7, 11) is 1.63. The first-order valence-electron chi connectivity index (χ1n) is 4.86. The lowest BCUT2D eigenvalue weighted by molar-refractivity contribution is 0.116. The molecular weight excluding hydrogens is 192 g/mol. The summed E-state index contributed by atoms with van der Waals surface area (Å²) in [6.07, 6.45) is -0.590. The van der Waals surface area contributed by atoms with Gasteiger partial charge in [-0.25, -0.2) is 4.98 Å². The molecule has 4 heteroatoms. The molecule has 1 aromatic heterocycles. The fourth-order valence-electron chi connectivity index (χ4n) is 1.68. The van der Waals surface area contributed by atoms with Crippen molar-refractivity contribution in [3.8, 4) is 0 Å². The number of ether oxygens (including phenoxy) is 1. The highest BCUT2D eigenvalue weighted by Gasteiger charge is 2.13. The van der Waals surface area contributed by atoms with Gasteiger partial charge in [0.1, 0.15) is 18.7 Å². The number of nitrogens with zero attached hydrogens (tertiary/aromatic N) is 2. The van der Waals surface area contributed by atoms with Crippen LogP contribution < -0.4 is 0 Å². The van der Waals surface area contributed by atoms with Gasteiger partial charge in [-0.1, -0.05) is 12.1 Å². The highest BCUT2D eigenvalue weighted by molar-refractivity contribution is 5.75. The molecule has 2 rings (SSSR count). The van der Waals surface area contributed by atoms with Crippen LogP contribution in [0.5, 0.6) is 0 Å². The van der Waals surface area contributed by atoms with Crippen molar-refractivity contribution in [2.45, 2.75) is 19.8 Å². The SMILES string of the molecule is COCn1c([C@H](C)O)nc2ccccc21. The molecule has 0 fully saturated rings. The maximum absolute atomic E-state index is 9.59. The van der Waals surface area contributed by atoms with Gasteiger partial charge in [0.25, 0.3) is 0 Å². The maximum Gasteiger partial charge on any atom is 0.140 e. The minimum atomic E-state index is -0.590. The third-order valence-electron chi connectivity index (χ3n) is 2.32. The summed E-state index contributed by atoms with van der Waals surface area (Å²) in [5, 5.41) is 9.59. The zero-order valence-corrected chi connectivity index (χ0v) is 8.84. The molecule has 1 N–H and O–H groups in total. The summed E-state index contributed by atoms with van der Waals surface area (Å²) in [4.78, 5) is 4.36. The van der Waals surface area contributed by atoms with E-state index in [2.05, 4.69) is 4.98 Å².